The summed E-state index contributed by atoms with van der Waals surface area (Å²) in [5, 5.41) is 2.54. The zero-order valence-electron chi connectivity index (χ0n) is 10.1. The fraction of sp³-hybridized carbons (Fsp3) is 0.462. The summed E-state index contributed by atoms with van der Waals surface area (Å²) in [5.41, 5.74) is -1.59. The second-order valence-corrected chi connectivity index (χ2v) is 4.68. The van der Waals surface area contributed by atoms with E-state index < -0.39 is 23.5 Å². The topological polar surface area (TPSA) is 29.1 Å². The van der Waals surface area contributed by atoms with Crippen LogP contribution in [0.25, 0.3) is 0 Å². The molecule has 0 spiro atoms. The number of carbonyl (C=O) groups is 1. The van der Waals surface area contributed by atoms with Crippen LogP contribution in [-0.2, 0) is 6.18 Å². The lowest BCUT2D eigenvalue weighted by Gasteiger charge is -2.10. The summed E-state index contributed by atoms with van der Waals surface area (Å²) in [7, 11) is 0. The zero-order chi connectivity index (χ0) is 14.0. The second-order valence-electron chi connectivity index (χ2n) is 4.68. The van der Waals surface area contributed by atoms with Gasteiger partial charge in [0.05, 0.1) is 5.56 Å². The van der Waals surface area contributed by atoms with E-state index in [0.29, 0.717) is 24.6 Å². The van der Waals surface area contributed by atoms with Crippen molar-refractivity contribution in [1.82, 2.24) is 5.32 Å². The summed E-state index contributed by atoms with van der Waals surface area (Å²) in [5.74, 6) is -1.35. The maximum atomic E-state index is 13.0. The normalized spacial score (nSPS) is 15.4. The van der Waals surface area contributed by atoms with Gasteiger partial charge in [-0.15, -0.1) is 0 Å². The second kappa shape index (κ2) is 5.19. The van der Waals surface area contributed by atoms with Crippen molar-refractivity contribution in [2.75, 3.05) is 6.54 Å². The van der Waals surface area contributed by atoms with E-state index in [4.69, 9.17) is 0 Å². The highest BCUT2D eigenvalue weighted by atomic mass is 19.4. The van der Waals surface area contributed by atoms with Gasteiger partial charge < -0.3 is 5.32 Å². The van der Waals surface area contributed by atoms with E-state index in [1.165, 1.54) is 0 Å². The van der Waals surface area contributed by atoms with E-state index in [1.807, 2.05) is 0 Å². The van der Waals surface area contributed by atoms with Gasteiger partial charge in [0.2, 0.25) is 0 Å². The van der Waals surface area contributed by atoms with Gasteiger partial charge in [0.15, 0.2) is 0 Å². The third-order valence-electron chi connectivity index (χ3n) is 3.07. The summed E-state index contributed by atoms with van der Waals surface area (Å²) < 4.78 is 50.5. The van der Waals surface area contributed by atoms with E-state index in [2.05, 4.69) is 5.32 Å². The average molecular weight is 275 g/mol. The van der Waals surface area contributed by atoms with E-state index in [1.54, 1.807) is 0 Å². The summed E-state index contributed by atoms with van der Waals surface area (Å²) in [4.78, 5) is 11.6. The largest absolute Gasteiger partial charge is 0.419 e. The molecule has 0 bridgehead atoms. The molecule has 0 unspecified atom stereocenters. The van der Waals surface area contributed by atoms with Crippen LogP contribution in [0.15, 0.2) is 18.2 Å². The number of benzene rings is 1. The summed E-state index contributed by atoms with van der Waals surface area (Å²) in [6, 6.07) is 2.26. The molecule has 1 fully saturated rings. The molecule has 1 aliphatic rings. The van der Waals surface area contributed by atoms with Crippen molar-refractivity contribution >= 4 is 5.91 Å². The van der Waals surface area contributed by atoms with Crippen molar-refractivity contribution in [2.45, 2.75) is 25.4 Å². The Morgan fingerprint density at radius 2 is 2.00 bits per heavy atom. The Labute approximate surface area is 107 Å². The molecule has 6 heteroatoms. The van der Waals surface area contributed by atoms with Gasteiger partial charge in [-0.1, -0.05) is 12.8 Å². The number of hydrogen-bond acceptors (Lipinski definition) is 1. The molecule has 0 radical (unpaired) electrons. The number of nitrogens with one attached hydrogen (secondary N) is 1. The lowest BCUT2D eigenvalue weighted by Crippen LogP contribution is -2.25. The van der Waals surface area contributed by atoms with Crippen LogP contribution in [0.5, 0.6) is 0 Å². The predicted molar refractivity (Wildman–Crippen MR) is 61.1 cm³/mol. The van der Waals surface area contributed by atoms with Crippen molar-refractivity contribution in [1.29, 1.82) is 0 Å². The van der Waals surface area contributed by atoms with Gasteiger partial charge in [-0.05, 0) is 30.5 Å². The molecule has 0 heterocycles. The highest BCUT2D eigenvalue weighted by molar-refractivity contribution is 5.94. The van der Waals surface area contributed by atoms with Gasteiger partial charge >= 0.3 is 6.18 Å². The molecule has 19 heavy (non-hydrogen) atoms. The number of amides is 1. The molecule has 0 aliphatic heterocycles. The first kappa shape index (κ1) is 13.8. The highest BCUT2D eigenvalue weighted by Crippen LogP contribution is 2.32. The molecule has 1 aromatic rings. The Hall–Kier alpha value is -1.59. The van der Waals surface area contributed by atoms with Crippen LogP contribution in [0.2, 0.25) is 0 Å². The van der Waals surface area contributed by atoms with Crippen LogP contribution >= 0.6 is 0 Å². The predicted octanol–water partition coefficient (Wildman–Crippen LogP) is 3.37. The molecule has 1 amide bonds. The smallest absolute Gasteiger partial charge is 0.352 e. The van der Waals surface area contributed by atoms with Gasteiger partial charge in [-0.2, -0.15) is 13.2 Å². The van der Waals surface area contributed by atoms with Crippen molar-refractivity contribution in [3.8, 4) is 0 Å². The third kappa shape index (κ3) is 3.68. The zero-order valence-corrected chi connectivity index (χ0v) is 10.1. The van der Waals surface area contributed by atoms with Gasteiger partial charge in [-0.3, -0.25) is 4.79 Å². The lowest BCUT2D eigenvalue weighted by molar-refractivity contribution is -0.140. The molecule has 104 valence electrons. The van der Waals surface area contributed by atoms with E-state index in [9.17, 15) is 22.4 Å². The van der Waals surface area contributed by atoms with Crippen molar-refractivity contribution in [3.05, 3.63) is 35.1 Å². The quantitative estimate of drug-likeness (QED) is 0.839. The van der Waals surface area contributed by atoms with Crippen molar-refractivity contribution < 1.29 is 22.4 Å². The third-order valence-corrected chi connectivity index (χ3v) is 3.07. The SMILES string of the molecule is O=C(NCCC1CC1)c1ccc(F)c(C(F)(F)F)c1. The Kier molecular flexibility index (Phi) is 3.78. The fourth-order valence-corrected chi connectivity index (χ4v) is 1.78. The number of halogens is 4. The molecular formula is C13H13F4NO. The van der Waals surface area contributed by atoms with Crippen LogP contribution in [0.1, 0.15) is 35.2 Å². The molecule has 1 aromatic carbocycles. The minimum absolute atomic E-state index is 0.176. The monoisotopic (exact) mass is 275 g/mol. The molecule has 2 nitrogen and oxygen atoms in total. The van der Waals surface area contributed by atoms with E-state index >= 15 is 0 Å². The molecule has 2 rings (SSSR count). The first-order chi connectivity index (χ1) is 8.88. The molecule has 1 N–H and O–H groups in total. The molecule has 1 aliphatic carbocycles. The first-order valence-corrected chi connectivity index (χ1v) is 6.03. The van der Waals surface area contributed by atoms with Crippen LogP contribution in [0, 0.1) is 11.7 Å². The van der Waals surface area contributed by atoms with Crippen LogP contribution in [-0.4, -0.2) is 12.5 Å². The number of carbonyl (C=O) groups excluding carboxylic acids is 1. The molecular weight excluding hydrogens is 262 g/mol. The van der Waals surface area contributed by atoms with Gasteiger partial charge in [-0.25, -0.2) is 4.39 Å². The Bertz CT molecular complexity index is 480. The number of alkyl halides is 3. The molecule has 1 saturated carbocycles. The summed E-state index contributed by atoms with van der Waals surface area (Å²) >= 11 is 0. The maximum absolute atomic E-state index is 13.0. The van der Waals surface area contributed by atoms with Crippen LogP contribution < -0.4 is 5.32 Å². The minimum Gasteiger partial charge on any atom is -0.352 e. The minimum atomic E-state index is -4.80. The number of rotatable bonds is 4. The van der Waals surface area contributed by atoms with E-state index in [-0.39, 0.29) is 5.56 Å². The fourth-order valence-electron chi connectivity index (χ4n) is 1.78. The first-order valence-electron chi connectivity index (χ1n) is 6.03. The Morgan fingerprint density at radius 3 is 2.58 bits per heavy atom. The summed E-state index contributed by atoms with van der Waals surface area (Å²) in [6.07, 6.45) is -1.68. The van der Waals surface area contributed by atoms with Crippen molar-refractivity contribution in [3.63, 3.8) is 0 Å². The average Bonchev–Trinajstić information content (AvgIpc) is 3.12. The molecule has 0 saturated heterocycles. The van der Waals surface area contributed by atoms with Crippen molar-refractivity contribution in [2.24, 2.45) is 5.92 Å². The standard InChI is InChI=1S/C13H13F4NO/c14-11-4-3-9(7-10(11)13(15,16)17)12(19)18-6-5-8-1-2-8/h3-4,7-8H,1-2,5-6H2,(H,18,19). The maximum Gasteiger partial charge on any atom is 0.419 e. The Balaban J connectivity index is 2.04. The number of hydrogen-bond donors (Lipinski definition) is 1. The van der Waals surface area contributed by atoms with Crippen LogP contribution in [0.3, 0.4) is 0 Å². The summed E-state index contributed by atoms with van der Waals surface area (Å²) in [6.45, 7) is 0.433. The molecule has 0 atom stereocenters. The van der Waals surface area contributed by atoms with Gasteiger partial charge in [0.1, 0.15) is 5.82 Å². The highest BCUT2D eigenvalue weighted by Gasteiger charge is 2.34. The Morgan fingerprint density at radius 1 is 1.32 bits per heavy atom. The van der Waals surface area contributed by atoms with Crippen LogP contribution in [0.4, 0.5) is 17.6 Å². The van der Waals surface area contributed by atoms with E-state index in [0.717, 1.165) is 25.3 Å². The molecule has 0 aromatic heterocycles. The van der Waals surface area contributed by atoms with Gasteiger partial charge in [0.25, 0.3) is 5.91 Å². The lowest BCUT2D eigenvalue weighted by atomic mass is 10.1. The van der Waals surface area contributed by atoms with Gasteiger partial charge in [0, 0.05) is 12.1 Å².